The molecule has 0 amide bonds. The van der Waals surface area contributed by atoms with Crippen molar-refractivity contribution in [1.29, 1.82) is 0 Å². The predicted molar refractivity (Wildman–Crippen MR) is 49.6 cm³/mol. The lowest BCUT2D eigenvalue weighted by Gasteiger charge is -2.12. The standard InChI is InChI=1S/C9H14N2O2/c1-6-3-4-11(2)8(6)7(5-10)9(12)13/h3-4,7H,5,10H2,1-2H3,(H,12,13). The van der Waals surface area contributed by atoms with Gasteiger partial charge in [-0.2, -0.15) is 0 Å². The highest BCUT2D eigenvalue weighted by Crippen LogP contribution is 2.19. The Balaban J connectivity index is 3.10. The van der Waals surface area contributed by atoms with E-state index in [1.807, 2.05) is 26.2 Å². The lowest BCUT2D eigenvalue weighted by Crippen LogP contribution is -2.23. The van der Waals surface area contributed by atoms with Crippen LogP contribution in [0.5, 0.6) is 0 Å². The van der Waals surface area contributed by atoms with E-state index in [4.69, 9.17) is 10.8 Å². The molecule has 1 heterocycles. The predicted octanol–water partition coefficient (Wildman–Crippen LogP) is 0.460. The van der Waals surface area contributed by atoms with E-state index in [2.05, 4.69) is 0 Å². The van der Waals surface area contributed by atoms with Crippen molar-refractivity contribution < 1.29 is 9.90 Å². The first-order valence-electron chi connectivity index (χ1n) is 4.12. The Hall–Kier alpha value is -1.29. The normalized spacial score (nSPS) is 12.8. The maximum absolute atomic E-state index is 10.8. The minimum Gasteiger partial charge on any atom is -0.481 e. The van der Waals surface area contributed by atoms with Crippen LogP contribution >= 0.6 is 0 Å². The minimum absolute atomic E-state index is 0.133. The second-order valence-electron chi connectivity index (χ2n) is 3.12. The van der Waals surface area contributed by atoms with Gasteiger partial charge in [-0.25, -0.2) is 0 Å². The summed E-state index contributed by atoms with van der Waals surface area (Å²) in [5, 5.41) is 8.90. The Morgan fingerprint density at radius 2 is 2.38 bits per heavy atom. The number of hydrogen-bond donors (Lipinski definition) is 2. The molecule has 0 aliphatic heterocycles. The van der Waals surface area contributed by atoms with E-state index in [1.165, 1.54) is 0 Å². The van der Waals surface area contributed by atoms with Gasteiger partial charge in [-0.05, 0) is 18.6 Å². The third-order valence-corrected chi connectivity index (χ3v) is 2.20. The molecule has 0 fully saturated rings. The first-order valence-corrected chi connectivity index (χ1v) is 4.12. The summed E-state index contributed by atoms with van der Waals surface area (Å²) in [7, 11) is 1.83. The van der Waals surface area contributed by atoms with E-state index in [0.717, 1.165) is 11.3 Å². The zero-order valence-electron chi connectivity index (χ0n) is 7.82. The smallest absolute Gasteiger partial charge is 0.313 e. The molecule has 0 aromatic carbocycles. The molecule has 0 saturated heterocycles. The average Bonchev–Trinajstić information content (AvgIpc) is 2.36. The van der Waals surface area contributed by atoms with Crippen LogP contribution in [0.1, 0.15) is 17.2 Å². The number of aliphatic carboxylic acids is 1. The summed E-state index contributed by atoms with van der Waals surface area (Å²) >= 11 is 0. The minimum atomic E-state index is -0.868. The van der Waals surface area contributed by atoms with Gasteiger partial charge in [0.1, 0.15) is 5.92 Å². The SMILES string of the molecule is Cc1ccn(C)c1C(CN)C(=O)O. The van der Waals surface area contributed by atoms with Gasteiger partial charge in [0.15, 0.2) is 0 Å². The highest BCUT2D eigenvalue weighted by Gasteiger charge is 2.22. The summed E-state index contributed by atoms with van der Waals surface area (Å²) in [4.78, 5) is 10.8. The maximum atomic E-state index is 10.8. The summed E-state index contributed by atoms with van der Waals surface area (Å²) < 4.78 is 1.81. The van der Waals surface area contributed by atoms with Crippen molar-refractivity contribution in [2.45, 2.75) is 12.8 Å². The van der Waals surface area contributed by atoms with Crippen molar-refractivity contribution in [3.63, 3.8) is 0 Å². The second-order valence-corrected chi connectivity index (χ2v) is 3.12. The van der Waals surface area contributed by atoms with Gasteiger partial charge < -0.3 is 15.4 Å². The molecule has 1 unspecified atom stereocenters. The van der Waals surface area contributed by atoms with E-state index < -0.39 is 11.9 Å². The number of aryl methyl sites for hydroxylation is 2. The number of rotatable bonds is 3. The molecule has 1 aromatic heterocycles. The van der Waals surface area contributed by atoms with Crippen LogP contribution in [0.3, 0.4) is 0 Å². The van der Waals surface area contributed by atoms with Crippen molar-refractivity contribution in [1.82, 2.24) is 4.57 Å². The van der Waals surface area contributed by atoms with E-state index in [1.54, 1.807) is 4.57 Å². The van der Waals surface area contributed by atoms with Crippen molar-refractivity contribution in [2.75, 3.05) is 6.54 Å². The molecule has 0 aliphatic rings. The van der Waals surface area contributed by atoms with Gasteiger partial charge in [0, 0.05) is 25.5 Å². The Morgan fingerprint density at radius 1 is 1.77 bits per heavy atom. The summed E-state index contributed by atoms with van der Waals surface area (Å²) in [6.07, 6.45) is 1.84. The molecule has 1 rings (SSSR count). The van der Waals surface area contributed by atoms with Crippen LogP contribution in [0.25, 0.3) is 0 Å². The number of carboxylic acid groups (broad SMARTS) is 1. The number of carbonyl (C=O) groups is 1. The largest absolute Gasteiger partial charge is 0.481 e. The zero-order chi connectivity index (χ0) is 10.0. The Bertz CT molecular complexity index is 298. The molecule has 4 nitrogen and oxygen atoms in total. The number of carboxylic acids is 1. The molecule has 1 aromatic rings. The van der Waals surface area contributed by atoms with Crippen LogP contribution < -0.4 is 5.73 Å². The van der Waals surface area contributed by atoms with Crippen molar-refractivity contribution in [2.24, 2.45) is 12.8 Å². The quantitative estimate of drug-likeness (QED) is 0.713. The fourth-order valence-electron chi connectivity index (χ4n) is 1.52. The first kappa shape index (κ1) is 9.80. The first-order chi connectivity index (χ1) is 6.07. The van der Waals surface area contributed by atoms with Crippen molar-refractivity contribution in [3.8, 4) is 0 Å². The summed E-state index contributed by atoms with van der Waals surface area (Å²) in [5.74, 6) is -1.47. The van der Waals surface area contributed by atoms with Gasteiger partial charge in [-0.3, -0.25) is 4.79 Å². The number of aromatic nitrogens is 1. The fourth-order valence-corrected chi connectivity index (χ4v) is 1.52. The summed E-state index contributed by atoms with van der Waals surface area (Å²) in [6, 6.07) is 1.89. The fraction of sp³-hybridized carbons (Fsp3) is 0.444. The highest BCUT2D eigenvalue weighted by atomic mass is 16.4. The molecule has 4 heteroatoms. The van der Waals surface area contributed by atoms with E-state index >= 15 is 0 Å². The second kappa shape index (κ2) is 3.62. The van der Waals surface area contributed by atoms with Crippen molar-refractivity contribution >= 4 is 5.97 Å². The molecule has 0 saturated carbocycles. The Kier molecular flexibility index (Phi) is 2.72. The highest BCUT2D eigenvalue weighted by molar-refractivity contribution is 5.76. The molecular weight excluding hydrogens is 168 g/mol. The van der Waals surface area contributed by atoms with Crippen LogP contribution in [0.2, 0.25) is 0 Å². The Labute approximate surface area is 77.0 Å². The van der Waals surface area contributed by atoms with Gasteiger partial charge in [-0.15, -0.1) is 0 Å². The Morgan fingerprint density at radius 3 is 2.69 bits per heavy atom. The average molecular weight is 182 g/mol. The number of nitrogens with two attached hydrogens (primary N) is 1. The van der Waals surface area contributed by atoms with Crippen LogP contribution in [-0.4, -0.2) is 22.2 Å². The molecule has 0 spiro atoms. The van der Waals surface area contributed by atoms with Crippen LogP contribution in [0.15, 0.2) is 12.3 Å². The van der Waals surface area contributed by atoms with E-state index in [9.17, 15) is 4.79 Å². The molecule has 0 aliphatic carbocycles. The third kappa shape index (κ3) is 1.72. The lowest BCUT2D eigenvalue weighted by atomic mass is 10.0. The molecular formula is C9H14N2O2. The topological polar surface area (TPSA) is 68.2 Å². The summed E-state index contributed by atoms with van der Waals surface area (Å²) in [6.45, 7) is 2.02. The maximum Gasteiger partial charge on any atom is 0.313 e. The molecule has 72 valence electrons. The summed E-state index contributed by atoms with van der Waals surface area (Å²) in [5.41, 5.74) is 7.17. The molecule has 0 bridgehead atoms. The van der Waals surface area contributed by atoms with Crippen LogP contribution in [0, 0.1) is 6.92 Å². The lowest BCUT2D eigenvalue weighted by molar-refractivity contribution is -0.138. The van der Waals surface area contributed by atoms with E-state index in [0.29, 0.717) is 0 Å². The monoisotopic (exact) mass is 182 g/mol. The molecule has 0 radical (unpaired) electrons. The van der Waals surface area contributed by atoms with Gasteiger partial charge in [0.2, 0.25) is 0 Å². The number of nitrogens with zero attached hydrogens (tertiary/aromatic N) is 1. The molecule has 3 N–H and O–H groups in total. The van der Waals surface area contributed by atoms with Gasteiger partial charge >= 0.3 is 5.97 Å². The molecule has 1 atom stereocenters. The van der Waals surface area contributed by atoms with Crippen molar-refractivity contribution in [3.05, 3.63) is 23.5 Å². The third-order valence-electron chi connectivity index (χ3n) is 2.20. The van der Waals surface area contributed by atoms with Gasteiger partial charge in [-0.1, -0.05) is 0 Å². The van der Waals surface area contributed by atoms with Crippen LogP contribution in [-0.2, 0) is 11.8 Å². The number of hydrogen-bond acceptors (Lipinski definition) is 2. The van der Waals surface area contributed by atoms with Gasteiger partial charge in [0.25, 0.3) is 0 Å². The van der Waals surface area contributed by atoms with Gasteiger partial charge in [0.05, 0.1) is 0 Å². The molecule has 13 heavy (non-hydrogen) atoms. The van der Waals surface area contributed by atoms with Crippen LogP contribution in [0.4, 0.5) is 0 Å². The zero-order valence-corrected chi connectivity index (χ0v) is 7.82. The van der Waals surface area contributed by atoms with E-state index in [-0.39, 0.29) is 6.54 Å².